The van der Waals surface area contributed by atoms with Gasteiger partial charge in [-0.25, -0.2) is 5.43 Å². The second-order valence-corrected chi connectivity index (χ2v) is 5.33. The number of amides is 1. The maximum Gasteiger partial charge on any atom is 0.271 e. The van der Waals surface area contributed by atoms with Gasteiger partial charge in [0.05, 0.1) is 11.2 Å². The molecule has 0 saturated carbocycles. The van der Waals surface area contributed by atoms with Crippen molar-refractivity contribution in [3.63, 3.8) is 0 Å². The molecular formula is C16H17ClN4O. The molecule has 0 spiro atoms. The van der Waals surface area contributed by atoms with Gasteiger partial charge in [-0.05, 0) is 36.4 Å². The first-order chi connectivity index (χ1) is 10.5. The number of nitrogen functional groups attached to an aromatic ring is 1. The summed E-state index contributed by atoms with van der Waals surface area (Å²) < 4.78 is 0. The highest BCUT2D eigenvalue weighted by atomic mass is 35.5. The van der Waals surface area contributed by atoms with Crippen LogP contribution in [0.1, 0.15) is 15.9 Å². The molecule has 2 aromatic rings. The van der Waals surface area contributed by atoms with Crippen LogP contribution >= 0.6 is 11.6 Å². The van der Waals surface area contributed by atoms with Gasteiger partial charge in [-0.1, -0.05) is 17.7 Å². The minimum Gasteiger partial charge on any atom is -0.399 e. The fraction of sp³-hybridized carbons (Fsp3) is 0.125. The van der Waals surface area contributed by atoms with Gasteiger partial charge in [-0.3, -0.25) is 4.79 Å². The van der Waals surface area contributed by atoms with Crippen molar-refractivity contribution in [2.24, 2.45) is 5.10 Å². The van der Waals surface area contributed by atoms with Crippen LogP contribution in [0.3, 0.4) is 0 Å². The Kier molecular flexibility index (Phi) is 5.01. The van der Waals surface area contributed by atoms with E-state index in [0.717, 1.165) is 5.69 Å². The van der Waals surface area contributed by atoms with Crippen LogP contribution in [0.2, 0.25) is 5.02 Å². The predicted octanol–water partition coefficient (Wildman–Crippen LogP) is 2.75. The topological polar surface area (TPSA) is 70.7 Å². The lowest BCUT2D eigenvalue weighted by Gasteiger charge is -2.12. The highest BCUT2D eigenvalue weighted by Gasteiger charge is 2.06. The van der Waals surface area contributed by atoms with Crippen molar-refractivity contribution < 1.29 is 4.79 Å². The predicted molar refractivity (Wildman–Crippen MR) is 91.7 cm³/mol. The van der Waals surface area contributed by atoms with E-state index in [1.54, 1.807) is 30.3 Å². The van der Waals surface area contributed by atoms with Crippen LogP contribution in [0.4, 0.5) is 11.4 Å². The number of nitrogens with zero attached hydrogens (tertiary/aromatic N) is 2. The molecule has 0 aliphatic carbocycles. The molecule has 114 valence electrons. The summed E-state index contributed by atoms with van der Waals surface area (Å²) in [6, 6.07) is 12.4. The third kappa shape index (κ3) is 3.99. The highest BCUT2D eigenvalue weighted by Crippen LogP contribution is 2.17. The molecule has 3 N–H and O–H groups in total. The maximum atomic E-state index is 12.1. The molecule has 0 aromatic heterocycles. The van der Waals surface area contributed by atoms with Crippen molar-refractivity contribution in [2.45, 2.75) is 0 Å². The van der Waals surface area contributed by atoms with Crippen LogP contribution in [-0.4, -0.2) is 26.2 Å². The number of rotatable bonds is 4. The monoisotopic (exact) mass is 316 g/mol. The van der Waals surface area contributed by atoms with Gasteiger partial charge in [0, 0.05) is 36.6 Å². The number of nitrogens with one attached hydrogen (secondary N) is 1. The van der Waals surface area contributed by atoms with Gasteiger partial charge in [0.15, 0.2) is 0 Å². The number of carbonyl (C=O) groups excluding carboxylic acids is 1. The van der Waals surface area contributed by atoms with E-state index in [1.807, 2.05) is 31.1 Å². The van der Waals surface area contributed by atoms with Crippen LogP contribution < -0.4 is 16.1 Å². The lowest BCUT2D eigenvalue weighted by atomic mass is 10.2. The molecule has 0 heterocycles. The molecule has 5 nitrogen and oxygen atoms in total. The van der Waals surface area contributed by atoms with Crippen molar-refractivity contribution in [3.05, 3.63) is 58.6 Å². The molecule has 0 aliphatic rings. The smallest absolute Gasteiger partial charge is 0.271 e. The van der Waals surface area contributed by atoms with Gasteiger partial charge in [0.2, 0.25) is 0 Å². The summed E-state index contributed by atoms with van der Waals surface area (Å²) in [5.41, 5.74) is 10.8. The standard InChI is InChI=1S/C16H17ClN4O/c1-21(2)14-5-3-4-11(8-14)16(22)20-19-10-12-6-7-13(18)9-15(12)17/h3-10H,18H2,1-2H3,(H,20,22)/b19-10+. The number of hydrogen-bond acceptors (Lipinski definition) is 4. The molecule has 0 radical (unpaired) electrons. The Balaban J connectivity index is 2.06. The van der Waals surface area contributed by atoms with E-state index in [9.17, 15) is 4.79 Å². The quantitative estimate of drug-likeness (QED) is 0.517. The number of hydrogen-bond donors (Lipinski definition) is 2. The molecule has 2 rings (SSSR count). The Labute approximate surface area is 134 Å². The molecule has 2 aromatic carbocycles. The van der Waals surface area contributed by atoms with E-state index in [2.05, 4.69) is 10.5 Å². The summed E-state index contributed by atoms with van der Waals surface area (Å²) in [4.78, 5) is 14.0. The van der Waals surface area contributed by atoms with Gasteiger partial charge in [0.25, 0.3) is 5.91 Å². The average Bonchev–Trinajstić information content (AvgIpc) is 2.49. The maximum absolute atomic E-state index is 12.1. The Bertz CT molecular complexity index is 713. The van der Waals surface area contributed by atoms with Gasteiger partial charge in [-0.2, -0.15) is 5.10 Å². The minimum absolute atomic E-state index is 0.286. The largest absolute Gasteiger partial charge is 0.399 e. The van der Waals surface area contributed by atoms with Crippen LogP contribution in [0, 0.1) is 0 Å². The normalized spacial score (nSPS) is 10.7. The third-order valence-electron chi connectivity index (χ3n) is 3.02. The number of carbonyl (C=O) groups is 1. The minimum atomic E-state index is -0.286. The van der Waals surface area contributed by atoms with Crippen LogP contribution in [0.15, 0.2) is 47.6 Å². The molecule has 22 heavy (non-hydrogen) atoms. The fourth-order valence-corrected chi connectivity index (χ4v) is 2.04. The Morgan fingerprint density at radius 2 is 2.05 bits per heavy atom. The van der Waals surface area contributed by atoms with E-state index in [4.69, 9.17) is 17.3 Å². The summed E-state index contributed by atoms with van der Waals surface area (Å²) in [6.07, 6.45) is 1.48. The zero-order valence-corrected chi connectivity index (χ0v) is 13.1. The Morgan fingerprint density at radius 3 is 2.73 bits per heavy atom. The molecule has 0 saturated heterocycles. The third-order valence-corrected chi connectivity index (χ3v) is 3.35. The van der Waals surface area contributed by atoms with Crippen molar-refractivity contribution in [3.8, 4) is 0 Å². The second kappa shape index (κ2) is 6.95. The lowest BCUT2D eigenvalue weighted by Crippen LogP contribution is -2.18. The molecule has 0 fully saturated rings. The second-order valence-electron chi connectivity index (χ2n) is 4.92. The van der Waals surface area contributed by atoms with Crippen molar-refractivity contribution in [2.75, 3.05) is 24.7 Å². The van der Waals surface area contributed by atoms with Crippen molar-refractivity contribution in [1.82, 2.24) is 5.43 Å². The van der Waals surface area contributed by atoms with Crippen molar-refractivity contribution in [1.29, 1.82) is 0 Å². The zero-order valence-electron chi connectivity index (χ0n) is 12.4. The Morgan fingerprint density at radius 1 is 1.27 bits per heavy atom. The van der Waals surface area contributed by atoms with Gasteiger partial charge >= 0.3 is 0 Å². The summed E-state index contributed by atoms with van der Waals surface area (Å²) in [5.74, 6) is -0.286. The number of halogens is 1. The Hall–Kier alpha value is -2.53. The number of anilines is 2. The SMILES string of the molecule is CN(C)c1cccc(C(=O)N/N=C/c2ccc(N)cc2Cl)c1. The van der Waals surface area contributed by atoms with E-state index in [1.165, 1.54) is 6.21 Å². The average molecular weight is 317 g/mol. The first-order valence-electron chi connectivity index (χ1n) is 6.63. The van der Waals surface area contributed by atoms with Crippen molar-refractivity contribution >= 4 is 35.1 Å². The summed E-state index contributed by atoms with van der Waals surface area (Å²) in [5, 5.41) is 4.40. The summed E-state index contributed by atoms with van der Waals surface area (Å²) >= 11 is 6.03. The first kappa shape index (κ1) is 15.9. The molecule has 1 amide bonds. The number of nitrogens with two attached hydrogens (primary N) is 1. The van der Waals surface area contributed by atoms with E-state index < -0.39 is 0 Å². The van der Waals surface area contributed by atoms with Crippen LogP contribution in [-0.2, 0) is 0 Å². The molecule has 0 unspecified atom stereocenters. The molecule has 0 atom stereocenters. The van der Waals surface area contributed by atoms with Crippen LogP contribution in [0.25, 0.3) is 0 Å². The van der Waals surface area contributed by atoms with Gasteiger partial charge in [-0.15, -0.1) is 0 Å². The summed E-state index contributed by atoms with van der Waals surface area (Å²) in [6.45, 7) is 0. The first-order valence-corrected chi connectivity index (χ1v) is 7.01. The van der Waals surface area contributed by atoms with Crippen LogP contribution in [0.5, 0.6) is 0 Å². The van der Waals surface area contributed by atoms with Gasteiger partial charge in [0.1, 0.15) is 0 Å². The van der Waals surface area contributed by atoms with Gasteiger partial charge < -0.3 is 10.6 Å². The van der Waals surface area contributed by atoms with E-state index in [-0.39, 0.29) is 5.91 Å². The molecule has 6 heteroatoms. The number of benzene rings is 2. The summed E-state index contributed by atoms with van der Waals surface area (Å²) in [7, 11) is 3.83. The highest BCUT2D eigenvalue weighted by molar-refractivity contribution is 6.33. The molecular weight excluding hydrogens is 300 g/mol. The molecule has 0 aliphatic heterocycles. The molecule has 0 bridgehead atoms. The fourth-order valence-electron chi connectivity index (χ4n) is 1.80. The van der Waals surface area contributed by atoms with E-state index >= 15 is 0 Å². The number of hydrazone groups is 1. The zero-order chi connectivity index (χ0) is 16.1. The van der Waals surface area contributed by atoms with E-state index in [0.29, 0.717) is 21.8 Å². The lowest BCUT2D eigenvalue weighted by molar-refractivity contribution is 0.0955.